The summed E-state index contributed by atoms with van der Waals surface area (Å²) in [6, 6.07) is -0.116. The number of rotatable bonds is 5. The van der Waals surface area contributed by atoms with Gasteiger partial charge in [0.15, 0.2) is 0 Å². The van der Waals surface area contributed by atoms with Gasteiger partial charge in [0.1, 0.15) is 0 Å². The predicted molar refractivity (Wildman–Crippen MR) is 71.1 cm³/mol. The van der Waals surface area contributed by atoms with Crippen molar-refractivity contribution in [1.82, 2.24) is 10.2 Å². The highest BCUT2D eigenvalue weighted by Gasteiger charge is 2.17. The molecule has 1 rings (SSSR count). The molecular weight excluding hydrogens is 248 g/mol. The molecule has 0 aromatic heterocycles. The molecule has 0 aromatic rings. The highest BCUT2D eigenvalue weighted by Crippen LogP contribution is 2.10. The van der Waals surface area contributed by atoms with E-state index in [0.29, 0.717) is 0 Å². The van der Waals surface area contributed by atoms with Crippen LogP contribution in [-0.4, -0.2) is 54.9 Å². The van der Waals surface area contributed by atoms with E-state index in [-0.39, 0.29) is 19.0 Å². The van der Waals surface area contributed by atoms with Crippen molar-refractivity contribution in [2.75, 3.05) is 26.7 Å². The average molecular weight is 272 g/mol. The van der Waals surface area contributed by atoms with Crippen molar-refractivity contribution in [3.63, 3.8) is 0 Å². The number of carboxylic acids is 1. The number of nitrogens with one attached hydrogen (secondary N) is 1. The van der Waals surface area contributed by atoms with Crippen molar-refractivity contribution < 1.29 is 19.4 Å². The molecule has 1 aliphatic heterocycles. The molecule has 0 saturated carbocycles. The second kappa shape index (κ2) is 8.74. The van der Waals surface area contributed by atoms with Crippen LogP contribution in [0.2, 0.25) is 0 Å². The number of likely N-dealkylation sites (tertiary alicyclic amines) is 1. The number of methoxy groups -OCH3 is 1. The van der Waals surface area contributed by atoms with Crippen LogP contribution in [-0.2, 0) is 9.53 Å². The lowest BCUT2D eigenvalue weighted by Gasteiger charge is -2.26. The lowest BCUT2D eigenvalue weighted by Crippen LogP contribution is -2.44. The molecule has 2 N–H and O–H groups in total. The molecule has 0 radical (unpaired) electrons. The topological polar surface area (TPSA) is 78.9 Å². The van der Waals surface area contributed by atoms with E-state index >= 15 is 0 Å². The van der Waals surface area contributed by atoms with Gasteiger partial charge in [0.2, 0.25) is 0 Å². The van der Waals surface area contributed by atoms with Crippen LogP contribution in [0.5, 0.6) is 0 Å². The third kappa shape index (κ3) is 6.42. The van der Waals surface area contributed by atoms with Crippen molar-refractivity contribution in [2.45, 2.75) is 44.6 Å². The third-order valence-corrected chi connectivity index (χ3v) is 3.36. The zero-order valence-electron chi connectivity index (χ0n) is 11.6. The normalized spacial score (nSPS) is 18.3. The number of urea groups is 1. The molecule has 6 nitrogen and oxygen atoms in total. The molecule has 1 heterocycles. The van der Waals surface area contributed by atoms with Crippen LogP contribution in [0.3, 0.4) is 0 Å². The number of carboxylic acid groups (broad SMARTS) is 1. The van der Waals surface area contributed by atoms with E-state index in [1.807, 2.05) is 4.90 Å². The Hall–Kier alpha value is -1.30. The molecule has 6 heteroatoms. The van der Waals surface area contributed by atoms with Gasteiger partial charge in [-0.15, -0.1) is 0 Å². The predicted octanol–water partition coefficient (Wildman–Crippen LogP) is 1.45. The van der Waals surface area contributed by atoms with Gasteiger partial charge in [0.05, 0.1) is 12.5 Å². The number of aliphatic carboxylic acids is 1. The Balaban J connectivity index is 2.33. The molecule has 1 atom stereocenters. The van der Waals surface area contributed by atoms with Gasteiger partial charge in [0, 0.05) is 26.7 Å². The number of carbonyl (C=O) groups excluding carboxylic acids is 1. The van der Waals surface area contributed by atoms with E-state index in [1.54, 1.807) is 0 Å². The second-order valence-corrected chi connectivity index (χ2v) is 4.90. The summed E-state index contributed by atoms with van der Waals surface area (Å²) in [5.41, 5.74) is 0. The molecule has 1 aliphatic rings. The summed E-state index contributed by atoms with van der Waals surface area (Å²) >= 11 is 0. The largest absolute Gasteiger partial charge is 0.481 e. The summed E-state index contributed by atoms with van der Waals surface area (Å²) in [6.07, 6.45) is 5.09. The van der Waals surface area contributed by atoms with Crippen LogP contribution in [0.15, 0.2) is 0 Å². The summed E-state index contributed by atoms with van der Waals surface area (Å²) < 4.78 is 5.03. The Morgan fingerprint density at radius 1 is 1.21 bits per heavy atom. The van der Waals surface area contributed by atoms with Crippen molar-refractivity contribution in [3.8, 4) is 0 Å². The SMILES string of the molecule is COC(CNC(=O)N1CCCCCCC1)CC(=O)O. The minimum Gasteiger partial charge on any atom is -0.481 e. The third-order valence-electron chi connectivity index (χ3n) is 3.36. The molecule has 0 aromatic carbocycles. The fourth-order valence-corrected chi connectivity index (χ4v) is 2.20. The number of nitrogens with zero attached hydrogens (tertiary/aromatic N) is 1. The molecule has 0 bridgehead atoms. The van der Waals surface area contributed by atoms with Gasteiger partial charge >= 0.3 is 12.0 Å². The Labute approximate surface area is 114 Å². The Kier molecular flexibility index (Phi) is 7.25. The fourth-order valence-electron chi connectivity index (χ4n) is 2.20. The van der Waals surface area contributed by atoms with E-state index in [2.05, 4.69) is 5.32 Å². The summed E-state index contributed by atoms with van der Waals surface area (Å²) in [5.74, 6) is -0.924. The molecular formula is C13H24N2O4. The van der Waals surface area contributed by atoms with Gasteiger partial charge < -0.3 is 20.1 Å². The van der Waals surface area contributed by atoms with Crippen LogP contribution in [0.1, 0.15) is 38.5 Å². The lowest BCUT2D eigenvalue weighted by molar-refractivity contribution is -0.139. The maximum atomic E-state index is 12.0. The minimum absolute atomic E-state index is 0.100. The first kappa shape index (κ1) is 15.8. The number of ether oxygens (including phenoxy) is 1. The van der Waals surface area contributed by atoms with Crippen LogP contribution < -0.4 is 5.32 Å². The van der Waals surface area contributed by atoms with Gasteiger partial charge in [-0.05, 0) is 12.8 Å². The first-order valence-corrected chi connectivity index (χ1v) is 6.91. The number of amides is 2. The van der Waals surface area contributed by atoms with Crippen molar-refractivity contribution >= 4 is 12.0 Å². The zero-order chi connectivity index (χ0) is 14.1. The minimum atomic E-state index is -0.924. The van der Waals surface area contributed by atoms with E-state index in [9.17, 15) is 9.59 Å². The van der Waals surface area contributed by atoms with Gasteiger partial charge in [-0.2, -0.15) is 0 Å². The Morgan fingerprint density at radius 3 is 2.32 bits per heavy atom. The Morgan fingerprint density at radius 2 is 1.79 bits per heavy atom. The number of hydrogen-bond acceptors (Lipinski definition) is 3. The van der Waals surface area contributed by atoms with E-state index in [1.165, 1.54) is 26.4 Å². The van der Waals surface area contributed by atoms with Crippen molar-refractivity contribution in [3.05, 3.63) is 0 Å². The molecule has 1 unspecified atom stereocenters. The summed E-state index contributed by atoms with van der Waals surface area (Å²) in [6.45, 7) is 1.79. The first-order valence-electron chi connectivity index (χ1n) is 6.91. The Bertz CT molecular complexity index is 288. The van der Waals surface area contributed by atoms with Gasteiger partial charge in [-0.1, -0.05) is 19.3 Å². The molecule has 19 heavy (non-hydrogen) atoms. The second-order valence-electron chi connectivity index (χ2n) is 4.90. The molecule has 2 amide bonds. The van der Waals surface area contributed by atoms with Gasteiger partial charge in [0.25, 0.3) is 0 Å². The molecule has 1 fully saturated rings. The fraction of sp³-hybridized carbons (Fsp3) is 0.846. The zero-order valence-corrected chi connectivity index (χ0v) is 11.6. The summed E-state index contributed by atoms with van der Waals surface area (Å²) in [5, 5.41) is 11.4. The smallest absolute Gasteiger partial charge is 0.317 e. The van der Waals surface area contributed by atoms with Gasteiger partial charge in [-0.3, -0.25) is 4.79 Å². The highest BCUT2D eigenvalue weighted by atomic mass is 16.5. The highest BCUT2D eigenvalue weighted by molar-refractivity contribution is 5.74. The monoisotopic (exact) mass is 272 g/mol. The maximum Gasteiger partial charge on any atom is 0.317 e. The number of carbonyl (C=O) groups is 2. The maximum absolute atomic E-state index is 12.0. The molecule has 110 valence electrons. The van der Waals surface area contributed by atoms with Gasteiger partial charge in [-0.25, -0.2) is 4.79 Å². The van der Waals surface area contributed by atoms with Crippen LogP contribution in [0.25, 0.3) is 0 Å². The lowest BCUT2D eigenvalue weighted by atomic mass is 10.1. The molecule has 0 spiro atoms. The summed E-state index contributed by atoms with van der Waals surface area (Å²) in [7, 11) is 1.45. The van der Waals surface area contributed by atoms with Crippen molar-refractivity contribution in [1.29, 1.82) is 0 Å². The standard InChI is InChI=1S/C13H24N2O4/c1-19-11(9-12(16)17)10-14-13(18)15-7-5-3-2-4-6-8-15/h11H,2-10H2,1H3,(H,14,18)(H,16,17). The van der Waals surface area contributed by atoms with Crippen LogP contribution >= 0.6 is 0 Å². The van der Waals surface area contributed by atoms with E-state index < -0.39 is 12.1 Å². The first-order chi connectivity index (χ1) is 9.13. The average Bonchev–Trinajstić information content (AvgIpc) is 2.33. The number of hydrogen-bond donors (Lipinski definition) is 2. The van der Waals surface area contributed by atoms with Crippen molar-refractivity contribution in [2.24, 2.45) is 0 Å². The quantitative estimate of drug-likeness (QED) is 0.794. The molecule has 0 aliphatic carbocycles. The van der Waals surface area contributed by atoms with E-state index in [4.69, 9.17) is 9.84 Å². The van der Waals surface area contributed by atoms with Crippen LogP contribution in [0, 0.1) is 0 Å². The van der Waals surface area contributed by atoms with Crippen LogP contribution in [0.4, 0.5) is 4.79 Å². The summed E-state index contributed by atoms with van der Waals surface area (Å²) in [4.78, 5) is 24.4. The van der Waals surface area contributed by atoms with E-state index in [0.717, 1.165) is 25.9 Å². The molecule has 1 saturated heterocycles.